The van der Waals surface area contributed by atoms with Crippen LogP contribution in [0.25, 0.3) is 0 Å². The fourth-order valence-corrected chi connectivity index (χ4v) is 1.71. The highest BCUT2D eigenvalue weighted by Gasteiger charge is 2.17. The van der Waals surface area contributed by atoms with Gasteiger partial charge in [-0.1, -0.05) is 0 Å². The number of alkyl halides is 2. The summed E-state index contributed by atoms with van der Waals surface area (Å²) in [5.74, 6) is 0. The maximum absolute atomic E-state index is 12.4. The molecule has 0 saturated carbocycles. The van der Waals surface area contributed by atoms with Gasteiger partial charge in [-0.15, -0.1) is 0 Å². The molecule has 0 aromatic carbocycles. The second kappa shape index (κ2) is 4.43. The molecule has 0 amide bonds. The molecule has 6 heteroatoms. The van der Waals surface area contributed by atoms with E-state index in [1.165, 1.54) is 6.20 Å². The summed E-state index contributed by atoms with van der Waals surface area (Å²) in [6.07, 6.45) is -1.27. The predicted molar refractivity (Wildman–Crippen MR) is 52.5 cm³/mol. The average molecular weight is 316 g/mol. The summed E-state index contributed by atoms with van der Waals surface area (Å²) in [6.45, 7) is 0.0344. The van der Waals surface area contributed by atoms with Gasteiger partial charge < -0.3 is 5.73 Å². The van der Waals surface area contributed by atoms with Crippen molar-refractivity contribution in [1.82, 2.24) is 4.98 Å². The highest BCUT2D eigenvalue weighted by atomic mass is 79.9. The zero-order valence-electron chi connectivity index (χ0n) is 6.40. The van der Waals surface area contributed by atoms with Crippen LogP contribution in [-0.2, 0) is 6.54 Å². The van der Waals surface area contributed by atoms with E-state index >= 15 is 0 Å². The number of rotatable bonds is 2. The van der Waals surface area contributed by atoms with Gasteiger partial charge in [0, 0.05) is 22.8 Å². The van der Waals surface area contributed by atoms with Crippen LogP contribution >= 0.6 is 31.9 Å². The summed E-state index contributed by atoms with van der Waals surface area (Å²) in [6, 6.07) is 0. The topological polar surface area (TPSA) is 38.9 Å². The standard InChI is InChI=1S/C7H6Br2F2N2/c8-4-2-13-6(7(10)11)3(1-12)5(4)9/h2,7H,1,12H2. The molecule has 0 bridgehead atoms. The van der Waals surface area contributed by atoms with Crippen molar-refractivity contribution in [2.75, 3.05) is 0 Å². The normalized spacial score (nSPS) is 10.9. The molecule has 0 aliphatic rings. The van der Waals surface area contributed by atoms with Crippen LogP contribution in [0.3, 0.4) is 0 Å². The van der Waals surface area contributed by atoms with Crippen LogP contribution < -0.4 is 5.73 Å². The smallest absolute Gasteiger partial charge is 0.280 e. The van der Waals surface area contributed by atoms with E-state index in [1.54, 1.807) is 0 Å². The fraction of sp³-hybridized carbons (Fsp3) is 0.286. The lowest BCUT2D eigenvalue weighted by Gasteiger charge is -2.08. The molecule has 0 aliphatic carbocycles. The summed E-state index contributed by atoms with van der Waals surface area (Å²) in [4.78, 5) is 3.60. The molecule has 0 aliphatic heterocycles. The van der Waals surface area contributed by atoms with E-state index in [2.05, 4.69) is 36.8 Å². The van der Waals surface area contributed by atoms with Gasteiger partial charge >= 0.3 is 0 Å². The maximum Gasteiger partial charge on any atom is 0.280 e. The zero-order valence-corrected chi connectivity index (χ0v) is 9.57. The van der Waals surface area contributed by atoms with E-state index in [0.717, 1.165) is 0 Å². The molecular weight excluding hydrogens is 310 g/mol. The van der Waals surface area contributed by atoms with Crippen molar-refractivity contribution >= 4 is 31.9 Å². The molecule has 1 aromatic heterocycles. The Bertz CT molecular complexity index is 318. The van der Waals surface area contributed by atoms with Gasteiger partial charge in [0.2, 0.25) is 0 Å². The lowest BCUT2D eigenvalue weighted by molar-refractivity contribution is 0.144. The molecule has 1 aromatic rings. The molecule has 1 heterocycles. The minimum Gasteiger partial charge on any atom is -0.326 e. The largest absolute Gasteiger partial charge is 0.326 e. The van der Waals surface area contributed by atoms with Crippen LogP contribution in [0.5, 0.6) is 0 Å². The third kappa shape index (κ3) is 2.24. The molecule has 0 fully saturated rings. The van der Waals surface area contributed by atoms with Gasteiger partial charge in [0.1, 0.15) is 5.69 Å². The number of hydrogen-bond acceptors (Lipinski definition) is 2. The highest BCUT2D eigenvalue weighted by Crippen LogP contribution is 2.31. The van der Waals surface area contributed by atoms with Crippen LogP contribution in [0.4, 0.5) is 8.78 Å². The van der Waals surface area contributed by atoms with Crippen molar-refractivity contribution in [2.45, 2.75) is 13.0 Å². The first-order valence-corrected chi connectivity index (χ1v) is 4.97. The third-order valence-corrected chi connectivity index (χ3v) is 3.55. The van der Waals surface area contributed by atoms with Crippen LogP contribution in [0.2, 0.25) is 0 Å². The van der Waals surface area contributed by atoms with Crippen molar-refractivity contribution in [2.24, 2.45) is 5.73 Å². The average Bonchev–Trinajstić information content (AvgIpc) is 2.09. The third-order valence-electron chi connectivity index (χ3n) is 1.51. The highest BCUT2D eigenvalue weighted by molar-refractivity contribution is 9.13. The number of hydrogen-bond donors (Lipinski definition) is 1. The quantitative estimate of drug-likeness (QED) is 0.911. The van der Waals surface area contributed by atoms with Crippen molar-refractivity contribution in [3.63, 3.8) is 0 Å². The van der Waals surface area contributed by atoms with Gasteiger partial charge in [0.15, 0.2) is 0 Å². The Morgan fingerprint density at radius 3 is 2.54 bits per heavy atom. The molecule has 0 unspecified atom stereocenters. The number of pyridine rings is 1. The van der Waals surface area contributed by atoms with E-state index in [-0.39, 0.29) is 12.2 Å². The number of nitrogens with two attached hydrogens (primary N) is 1. The van der Waals surface area contributed by atoms with Crippen molar-refractivity contribution in [3.05, 3.63) is 26.4 Å². The minimum absolute atomic E-state index is 0.0344. The van der Waals surface area contributed by atoms with Crippen LogP contribution in [0.1, 0.15) is 17.7 Å². The van der Waals surface area contributed by atoms with Crippen LogP contribution in [0.15, 0.2) is 15.1 Å². The van der Waals surface area contributed by atoms with E-state index in [4.69, 9.17) is 5.73 Å². The van der Waals surface area contributed by atoms with Crippen LogP contribution in [0, 0.1) is 0 Å². The first-order valence-electron chi connectivity index (χ1n) is 3.39. The number of nitrogens with zero attached hydrogens (tertiary/aromatic N) is 1. The molecule has 0 atom stereocenters. The Kier molecular flexibility index (Phi) is 3.75. The summed E-state index contributed by atoms with van der Waals surface area (Å²) < 4.78 is 25.9. The Morgan fingerprint density at radius 1 is 1.46 bits per heavy atom. The first-order chi connectivity index (χ1) is 6.07. The lowest BCUT2D eigenvalue weighted by Crippen LogP contribution is -2.05. The Balaban J connectivity index is 3.30. The molecular formula is C7H6Br2F2N2. The van der Waals surface area contributed by atoms with Gasteiger partial charge in [-0.2, -0.15) is 0 Å². The Hall–Kier alpha value is -0.0700. The molecule has 2 nitrogen and oxygen atoms in total. The summed E-state index contributed by atoms with van der Waals surface area (Å²) in [5.41, 5.74) is 5.41. The zero-order chi connectivity index (χ0) is 10.0. The molecule has 0 radical (unpaired) electrons. The molecule has 72 valence electrons. The number of halogens is 4. The van der Waals surface area contributed by atoms with Crippen molar-refractivity contribution < 1.29 is 8.78 Å². The van der Waals surface area contributed by atoms with Crippen molar-refractivity contribution in [3.8, 4) is 0 Å². The summed E-state index contributed by atoms with van der Waals surface area (Å²) in [7, 11) is 0. The van der Waals surface area contributed by atoms with Gasteiger partial charge in [-0.25, -0.2) is 8.78 Å². The first kappa shape index (κ1) is 11.0. The molecule has 0 spiro atoms. The monoisotopic (exact) mass is 314 g/mol. The molecule has 1 rings (SSSR count). The SMILES string of the molecule is NCc1c(C(F)F)ncc(Br)c1Br. The molecule has 13 heavy (non-hydrogen) atoms. The fourth-order valence-electron chi connectivity index (χ4n) is 0.900. The van der Waals surface area contributed by atoms with Gasteiger partial charge in [0.25, 0.3) is 6.43 Å². The summed E-state index contributed by atoms with van der Waals surface area (Å²) in [5, 5.41) is 0. The minimum atomic E-state index is -2.59. The van der Waals surface area contributed by atoms with E-state index in [1.807, 2.05) is 0 Å². The van der Waals surface area contributed by atoms with Gasteiger partial charge in [0.05, 0.1) is 4.47 Å². The summed E-state index contributed by atoms with van der Waals surface area (Å²) >= 11 is 6.32. The Labute approximate surface area is 90.8 Å². The van der Waals surface area contributed by atoms with E-state index in [9.17, 15) is 8.78 Å². The van der Waals surface area contributed by atoms with Gasteiger partial charge in [-0.05, 0) is 31.9 Å². The number of aromatic nitrogens is 1. The second-order valence-electron chi connectivity index (χ2n) is 2.29. The van der Waals surface area contributed by atoms with Crippen molar-refractivity contribution in [1.29, 1.82) is 0 Å². The van der Waals surface area contributed by atoms with Gasteiger partial charge in [-0.3, -0.25) is 4.98 Å². The Morgan fingerprint density at radius 2 is 2.08 bits per heavy atom. The molecule has 0 saturated heterocycles. The second-order valence-corrected chi connectivity index (χ2v) is 3.94. The van der Waals surface area contributed by atoms with Crippen LogP contribution in [-0.4, -0.2) is 4.98 Å². The van der Waals surface area contributed by atoms with E-state index < -0.39 is 6.43 Å². The predicted octanol–water partition coefficient (Wildman–Crippen LogP) is 3.00. The maximum atomic E-state index is 12.4. The lowest BCUT2D eigenvalue weighted by atomic mass is 10.2. The molecule has 2 N–H and O–H groups in total. The van der Waals surface area contributed by atoms with E-state index in [0.29, 0.717) is 14.5 Å².